The number of ether oxygens (including phenoxy) is 1. The Morgan fingerprint density at radius 2 is 2.20 bits per heavy atom. The number of nitrogens with one attached hydrogen (secondary N) is 1. The molecule has 15 heavy (non-hydrogen) atoms. The van der Waals surface area contributed by atoms with Gasteiger partial charge in [-0.05, 0) is 22.6 Å². The van der Waals surface area contributed by atoms with Crippen LogP contribution < -0.4 is 11.2 Å². The Hall–Kier alpha value is -0.380. The topological polar surface area (TPSA) is 84.3 Å². The van der Waals surface area contributed by atoms with E-state index in [9.17, 15) is 9.59 Å². The molecule has 0 aromatic carbocycles. The second-order valence-corrected chi connectivity index (χ2v) is 3.95. The standard InChI is InChI=1S/C7H8ClIN2O4/c8-4-5(9)11(3-15-2-1-12)7(14)10-6(4)13/h12H,1-3H2,(H,10,13,14). The summed E-state index contributed by atoms with van der Waals surface area (Å²) in [6.45, 7) is -0.0875. The third kappa shape index (κ3) is 3.03. The van der Waals surface area contributed by atoms with Crippen molar-refractivity contribution in [2.45, 2.75) is 6.73 Å². The maximum absolute atomic E-state index is 11.3. The van der Waals surface area contributed by atoms with Crippen molar-refractivity contribution in [2.24, 2.45) is 0 Å². The molecule has 8 heteroatoms. The van der Waals surface area contributed by atoms with Crippen LogP contribution >= 0.6 is 34.2 Å². The normalized spacial score (nSPS) is 10.6. The monoisotopic (exact) mass is 346 g/mol. The van der Waals surface area contributed by atoms with Gasteiger partial charge in [0.1, 0.15) is 15.5 Å². The summed E-state index contributed by atoms with van der Waals surface area (Å²) in [5.41, 5.74) is -1.21. The Labute approximate surface area is 103 Å². The Morgan fingerprint density at radius 1 is 1.53 bits per heavy atom. The minimum atomic E-state index is -0.621. The van der Waals surface area contributed by atoms with Gasteiger partial charge < -0.3 is 9.84 Å². The minimum Gasteiger partial charge on any atom is -0.394 e. The van der Waals surface area contributed by atoms with E-state index in [0.717, 1.165) is 0 Å². The molecule has 1 heterocycles. The maximum atomic E-state index is 11.3. The first-order valence-electron chi connectivity index (χ1n) is 3.94. The van der Waals surface area contributed by atoms with Gasteiger partial charge in [0, 0.05) is 0 Å². The van der Waals surface area contributed by atoms with Crippen molar-refractivity contribution >= 4 is 34.2 Å². The molecule has 1 aromatic rings. The van der Waals surface area contributed by atoms with Crippen molar-refractivity contribution in [3.63, 3.8) is 0 Å². The van der Waals surface area contributed by atoms with E-state index in [1.807, 2.05) is 4.98 Å². The average Bonchev–Trinajstić information content (AvgIpc) is 2.20. The van der Waals surface area contributed by atoms with Crippen LogP contribution in [0.25, 0.3) is 0 Å². The molecule has 0 bridgehead atoms. The number of halogens is 2. The first kappa shape index (κ1) is 12.7. The number of aromatic nitrogens is 2. The van der Waals surface area contributed by atoms with Crippen LogP contribution in [0.4, 0.5) is 0 Å². The molecule has 2 N–H and O–H groups in total. The fraction of sp³-hybridized carbons (Fsp3) is 0.429. The first-order valence-corrected chi connectivity index (χ1v) is 5.40. The lowest BCUT2D eigenvalue weighted by Crippen LogP contribution is -2.33. The van der Waals surface area contributed by atoms with Gasteiger partial charge >= 0.3 is 5.69 Å². The zero-order valence-electron chi connectivity index (χ0n) is 7.50. The van der Waals surface area contributed by atoms with Crippen LogP contribution in [-0.2, 0) is 11.5 Å². The summed E-state index contributed by atoms with van der Waals surface area (Å²) in [6, 6.07) is 0. The van der Waals surface area contributed by atoms with Gasteiger partial charge in [0.05, 0.1) is 13.2 Å². The van der Waals surface area contributed by atoms with Crippen LogP contribution in [0.2, 0.25) is 5.02 Å². The van der Waals surface area contributed by atoms with Gasteiger partial charge in [-0.1, -0.05) is 11.6 Å². The third-order valence-electron chi connectivity index (χ3n) is 1.54. The molecule has 6 nitrogen and oxygen atoms in total. The van der Waals surface area contributed by atoms with E-state index < -0.39 is 11.2 Å². The predicted molar refractivity (Wildman–Crippen MR) is 62.1 cm³/mol. The fourth-order valence-corrected chi connectivity index (χ4v) is 1.61. The lowest BCUT2D eigenvalue weighted by atomic mass is 10.6. The van der Waals surface area contributed by atoms with E-state index >= 15 is 0 Å². The van der Waals surface area contributed by atoms with E-state index in [2.05, 4.69) is 0 Å². The summed E-state index contributed by atoms with van der Waals surface area (Å²) in [5.74, 6) is 0. The molecular formula is C7H8ClIN2O4. The summed E-state index contributed by atoms with van der Waals surface area (Å²) in [4.78, 5) is 24.4. The maximum Gasteiger partial charge on any atom is 0.331 e. The molecule has 1 aromatic heterocycles. The molecule has 1 rings (SSSR count). The molecule has 0 spiro atoms. The van der Waals surface area contributed by atoms with Crippen molar-refractivity contribution in [2.75, 3.05) is 13.2 Å². The Bertz CT molecular complexity index is 455. The van der Waals surface area contributed by atoms with Crippen LogP contribution in [0.15, 0.2) is 9.59 Å². The quantitative estimate of drug-likeness (QED) is 0.448. The van der Waals surface area contributed by atoms with Crippen LogP contribution in [0.5, 0.6) is 0 Å². The molecule has 0 aliphatic heterocycles. The van der Waals surface area contributed by atoms with Gasteiger partial charge in [-0.2, -0.15) is 0 Å². The molecule has 0 radical (unpaired) electrons. The smallest absolute Gasteiger partial charge is 0.331 e. The zero-order valence-corrected chi connectivity index (χ0v) is 10.4. The lowest BCUT2D eigenvalue weighted by Gasteiger charge is -2.08. The second-order valence-electron chi connectivity index (χ2n) is 2.55. The number of hydrogen-bond acceptors (Lipinski definition) is 4. The predicted octanol–water partition coefficient (Wildman–Crippen LogP) is -0.239. The molecular weight excluding hydrogens is 338 g/mol. The van der Waals surface area contributed by atoms with Crippen molar-refractivity contribution in [1.29, 1.82) is 0 Å². The molecule has 0 aliphatic carbocycles. The fourth-order valence-electron chi connectivity index (χ4n) is 0.856. The van der Waals surface area contributed by atoms with Gasteiger partial charge in [0.15, 0.2) is 0 Å². The van der Waals surface area contributed by atoms with Crippen LogP contribution in [0.3, 0.4) is 0 Å². The summed E-state index contributed by atoms with van der Waals surface area (Å²) in [6.07, 6.45) is 0. The molecule has 84 valence electrons. The van der Waals surface area contributed by atoms with Gasteiger partial charge in [-0.25, -0.2) is 4.79 Å². The number of nitrogens with zero attached hydrogens (tertiary/aromatic N) is 1. The van der Waals surface area contributed by atoms with Gasteiger partial charge in [0.25, 0.3) is 5.56 Å². The van der Waals surface area contributed by atoms with Crippen LogP contribution in [0, 0.1) is 3.70 Å². The van der Waals surface area contributed by atoms with Crippen molar-refractivity contribution in [1.82, 2.24) is 9.55 Å². The van der Waals surface area contributed by atoms with E-state index in [1.165, 1.54) is 4.57 Å². The summed E-state index contributed by atoms with van der Waals surface area (Å²) >= 11 is 7.43. The van der Waals surface area contributed by atoms with Crippen LogP contribution in [-0.4, -0.2) is 27.9 Å². The van der Waals surface area contributed by atoms with E-state index in [1.54, 1.807) is 22.6 Å². The summed E-state index contributed by atoms with van der Waals surface area (Å²) in [7, 11) is 0. The van der Waals surface area contributed by atoms with Crippen molar-refractivity contribution in [3.05, 3.63) is 29.6 Å². The van der Waals surface area contributed by atoms with Crippen LogP contribution in [0.1, 0.15) is 0 Å². The average molecular weight is 347 g/mol. The molecule has 0 saturated carbocycles. The highest BCUT2D eigenvalue weighted by atomic mass is 127. The van der Waals surface area contributed by atoms with E-state index in [4.69, 9.17) is 21.4 Å². The minimum absolute atomic E-state index is 0.0530. The number of aromatic amines is 1. The highest BCUT2D eigenvalue weighted by Crippen LogP contribution is 2.10. The Morgan fingerprint density at radius 3 is 2.80 bits per heavy atom. The Kier molecular flexibility index (Phi) is 4.77. The summed E-state index contributed by atoms with van der Waals surface area (Å²) in [5, 5.41) is 8.43. The third-order valence-corrected chi connectivity index (χ3v) is 3.33. The second kappa shape index (κ2) is 5.64. The van der Waals surface area contributed by atoms with Gasteiger partial charge in [-0.15, -0.1) is 0 Å². The highest BCUT2D eigenvalue weighted by molar-refractivity contribution is 14.1. The largest absolute Gasteiger partial charge is 0.394 e. The SMILES string of the molecule is O=c1[nH]c(=O)n(COCCO)c(I)c1Cl. The van der Waals surface area contributed by atoms with Crippen molar-refractivity contribution in [3.8, 4) is 0 Å². The zero-order chi connectivity index (χ0) is 11.4. The summed E-state index contributed by atoms with van der Waals surface area (Å²) < 4.78 is 6.43. The lowest BCUT2D eigenvalue weighted by molar-refractivity contribution is 0.0443. The molecule has 0 aliphatic rings. The molecule has 0 unspecified atom stereocenters. The molecule has 0 atom stereocenters. The Balaban J connectivity index is 3.02. The molecule has 0 fully saturated rings. The number of H-pyrrole nitrogens is 1. The molecule has 0 saturated heterocycles. The number of aliphatic hydroxyl groups excluding tert-OH is 1. The van der Waals surface area contributed by atoms with E-state index in [-0.39, 0.29) is 25.0 Å². The number of aliphatic hydroxyl groups is 1. The highest BCUT2D eigenvalue weighted by Gasteiger charge is 2.09. The van der Waals surface area contributed by atoms with Gasteiger partial charge in [0.2, 0.25) is 0 Å². The number of rotatable bonds is 4. The molecule has 0 amide bonds. The first-order chi connectivity index (χ1) is 7.07. The van der Waals surface area contributed by atoms with Crippen molar-refractivity contribution < 1.29 is 9.84 Å². The van der Waals surface area contributed by atoms with Gasteiger partial charge in [-0.3, -0.25) is 14.3 Å². The number of hydrogen-bond donors (Lipinski definition) is 2. The van der Waals surface area contributed by atoms with E-state index in [0.29, 0.717) is 3.70 Å².